The van der Waals surface area contributed by atoms with Crippen LogP contribution in [-0.2, 0) is 0 Å². The van der Waals surface area contributed by atoms with Crippen LogP contribution < -0.4 is 5.73 Å². The lowest BCUT2D eigenvalue weighted by molar-refractivity contribution is 0.0390. The molecule has 2 atom stereocenters. The SMILES string of the molecule is Nc1cc(Br)cc(C(=O)N2CCC[C@H]3CCCC[C@H]32)c1. The Morgan fingerprint density at radius 1 is 1.15 bits per heavy atom. The minimum atomic E-state index is 0.148. The predicted octanol–water partition coefficient (Wildman–Crippen LogP) is 3.83. The van der Waals surface area contributed by atoms with E-state index in [1.54, 1.807) is 6.07 Å². The molecule has 1 aromatic carbocycles. The van der Waals surface area contributed by atoms with Crippen molar-refractivity contribution in [1.29, 1.82) is 0 Å². The summed E-state index contributed by atoms with van der Waals surface area (Å²) in [5.74, 6) is 0.862. The number of likely N-dealkylation sites (tertiary alicyclic amines) is 1. The molecule has 2 N–H and O–H groups in total. The first-order chi connectivity index (χ1) is 9.65. The number of piperidine rings is 1. The maximum Gasteiger partial charge on any atom is 0.254 e. The van der Waals surface area contributed by atoms with Crippen molar-refractivity contribution >= 4 is 27.5 Å². The summed E-state index contributed by atoms with van der Waals surface area (Å²) in [6.07, 6.45) is 7.46. The van der Waals surface area contributed by atoms with Crippen LogP contribution in [0.1, 0.15) is 48.9 Å². The van der Waals surface area contributed by atoms with Crippen LogP contribution in [0.4, 0.5) is 5.69 Å². The predicted molar refractivity (Wildman–Crippen MR) is 84.6 cm³/mol. The molecule has 1 heterocycles. The number of nitrogens with two attached hydrogens (primary N) is 1. The molecule has 108 valence electrons. The van der Waals surface area contributed by atoms with Crippen molar-refractivity contribution < 1.29 is 4.79 Å². The Morgan fingerprint density at radius 3 is 2.70 bits per heavy atom. The van der Waals surface area contributed by atoms with E-state index in [1.807, 2.05) is 12.1 Å². The third-order valence-corrected chi connectivity index (χ3v) is 5.13. The summed E-state index contributed by atoms with van der Waals surface area (Å²) in [5.41, 5.74) is 7.21. The van der Waals surface area contributed by atoms with Gasteiger partial charge in [-0.3, -0.25) is 4.79 Å². The second kappa shape index (κ2) is 5.76. The quantitative estimate of drug-likeness (QED) is 0.792. The number of amides is 1. The summed E-state index contributed by atoms with van der Waals surface area (Å²) in [4.78, 5) is 14.9. The average molecular weight is 337 g/mol. The third kappa shape index (κ3) is 2.71. The van der Waals surface area contributed by atoms with E-state index in [0.29, 0.717) is 23.2 Å². The van der Waals surface area contributed by atoms with E-state index in [9.17, 15) is 4.79 Å². The number of rotatable bonds is 1. The topological polar surface area (TPSA) is 46.3 Å². The molecule has 3 nitrogen and oxygen atoms in total. The summed E-state index contributed by atoms with van der Waals surface area (Å²) in [7, 11) is 0. The molecule has 1 aliphatic carbocycles. The van der Waals surface area contributed by atoms with Crippen molar-refractivity contribution in [2.75, 3.05) is 12.3 Å². The number of nitrogen functional groups attached to an aromatic ring is 1. The van der Waals surface area contributed by atoms with E-state index in [1.165, 1.54) is 32.1 Å². The molecular weight excluding hydrogens is 316 g/mol. The number of benzene rings is 1. The minimum Gasteiger partial charge on any atom is -0.399 e. The molecule has 2 fully saturated rings. The molecule has 2 aliphatic rings. The van der Waals surface area contributed by atoms with E-state index < -0.39 is 0 Å². The Hall–Kier alpha value is -1.03. The van der Waals surface area contributed by atoms with Crippen LogP contribution in [0.5, 0.6) is 0 Å². The molecular formula is C16H21BrN2O. The van der Waals surface area contributed by atoms with Gasteiger partial charge < -0.3 is 10.6 Å². The Bertz CT molecular complexity index is 495. The minimum absolute atomic E-state index is 0.148. The molecule has 1 saturated carbocycles. The van der Waals surface area contributed by atoms with Crippen molar-refractivity contribution in [2.24, 2.45) is 5.92 Å². The number of halogens is 1. The zero-order valence-electron chi connectivity index (χ0n) is 11.6. The van der Waals surface area contributed by atoms with E-state index in [4.69, 9.17) is 5.73 Å². The zero-order valence-corrected chi connectivity index (χ0v) is 13.2. The van der Waals surface area contributed by atoms with Crippen molar-refractivity contribution in [3.8, 4) is 0 Å². The largest absolute Gasteiger partial charge is 0.399 e. The average Bonchev–Trinajstić information content (AvgIpc) is 2.45. The highest BCUT2D eigenvalue weighted by Gasteiger charge is 2.35. The van der Waals surface area contributed by atoms with Crippen LogP contribution >= 0.6 is 15.9 Å². The molecule has 0 radical (unpaired) electrons. The lowest BCUT2D eigenvalue weighted by atomic mass is 9.78. The Kier molecular flexibility index (Phi) is 4.01. The number of carbonyl (C=O) groups is 1. The van der Waals surface area contributed by atoms with Gasteiger partial charge in [-0.05, 0) is 49.8 Å². The van der Waals surface area contributed by atoms with E-state index in [-0.39, 0.29) is 5.91 Å². The van der Waals surface area contributed by atoms with Crippen LogP contribution in [0.15, 0.2) is 22.7 Å². The highest BCUT2D eigenvalue weighted by molar-refractivity contribution is 9.10. The fraction of sp³-hybridized carbons (Fsp3) is 0.562. The van der Waals surface area contributed by atoms with Gasteiger partial charge in [0.25, 0.3) is 5.91 Å². The summed E-state index contributed by atoms with van der Waals surface area (Å²) in [5, 5.41) is 0. The Balaban J connectivity index is 1.84. The summed E-state index contributed by atoms with van der Waals surface area (Å²) < 4.78 is 0.873. The molecule has 0 spiro atoms. The van der Waals surface area contributed by atoms with Crippen LogP contribution in [0.25, 0.3) is 0 Å². The molecule has 0 bridgehead atoms. The number of carbonyl (C=O) groups excluding carboxylic acids is 1. The Morgan fingerprint density at radius 2 is 1.90 bits per heavy atom. The number of hydrogen-bond donors (Lipinski definition) is 1. The first-order valence-corrected chi connectivity index (χ1v) is 8.31. The molecule has 20 heavy (non-hydrogen) atoms. The normalized spacial score (nSPS) is 26.1. The lowest BCUT2D eigenvalue weighted by Crippen LogP contribution is -2.49. The van der Waals surface area contributed by atoms with E-state index >= 15 is 0 Å². The highest BCUT2D eigenvalue weighted by Crippen LogP contribution is 2.36. The molecule has 1 aromatic rings. The monoisotopic (exact) mass is 336 g/mol. The second-order valence-electron chi connectivity index (χ2n) is 6.03. The molecule has 1 saturated heterocycles. The second-order valence-corrected chi connectivity index (χ2v) is 6.94. The fourth-order valence-electron chi connectivity index (χ4n) is 3.78. The molecule has 0 aromatic heterocycles. The van der Waals surface area contributed by atoms with Crippen LogP contribution in [0.2, 0.25) is 0 Å². The molecule has 1 amide bonds. The first-order valence-electron chi connectivity index (χ1n) is 7.52. The smallest absolute Gasteiger partial charge is 0.254 e. The number of nitrogens with zero attached hydrogens (tertiary/aromatic N) is 1. The van der Waals surface area contributed by atoms with Gasteiger partial charge in [0.2, 0.25) is 0 Å². The van der Waals surface area contributed by atoms with Crippen molar-refractivity contribution in [1.82, 2.24) is 4.90 Å². The molecule has 0 unspecified atom stereocenters. The molecule has 3 rings (SSSR count). The highest BCUT2D eigenvalue weighted by atomic mass is 79.9. The van der Waals surface area contributed by atoms with Gasteiger partial charge in [0, 0.05) is 28.3 Å². The van der Waals surface area contributed by atoms with Gasteiger partial charge in [-0.15, -0.1) is 0 Å². The Labute approximate surface area is 128 Å². The zero-order chi connectivity index (χ0) is 14.1. The van der Waals surface area contributed by atoms with Gasteiger partial charge in [-0.2, -0.15) is 0 Å². The van der Waals surface area contributed by atoms with Gasteiger partial charge in [0.15, 0.2) is 0 Å². The van der Waals surface area contributed by atoms with Crippen LogP contribution in [-0.4, -0.2) is 23.4 Å². The van der Waals surface area contributed by atoms with Gasteiger partial charge in [-0.1, -0.05) is 28.8 Å². The molecule has 1 aliphatic heterocycles. The molecule has 4 heteroatoms. The van der Waals surface area contributed by atoms with Gasteiger partial charge in [-0.25, -0.2) is 0 Å². The van der Waals surface area contributed by atoms with E-state index in [0.717, 1.165) is 17.4 Å². The third-order valence-electron chi connectivity index (χ3n) is 4.67. The van der Waals surface area contributed by atoms with Gasteiger partial charge in [0.05, 0.1) is 0 Å². The van der Waals surface area contributed by atoms with Crippen molar-refractivity contribution in [3.05, 3.63) is 28.2 Å². The standard InChI is InChI=1S/C16H21BrN2O/c17-13-8-12(9-14(18)10-13)16(20)19-7-3-5-11-4-1-2-6-15(11)19/h8-11,15H,1-7,18H2/t11-,15-/m1/s1. The summed E-state index contributed by atoms with van der Waals surface area (Å²) in [6, 6.07) is 5.95. The van der Waals surface area contributed by atoms with Crippen molar-refractivity contribution in [3.63, 3.8) is 0 Å². The van der Waals surface area contributed by atoms with Crippen LogP contribution in [0.3, 0.4) is 0 Å². The number of fused-ring (bicyclic) bond motifs is 1. The van der Waals surface area contributed by atoms with Gasteiger partial charge >= 0.3 is 0 Å². The van der Waals surface area contributed by atoms with Crippen molar-refractivity contribution in [2.45, 2.75) is 44.6 Å². The maximum atomic E-state index is 12.8. The summed E-state index contributed by atoms with van der Waals surface area (Å²) in [6.45, 7) is 0.895. The number of hydrogen-bond acceptors (Lipinski definition) is 2. The van der Waals surface area contributed by atoms with Crippen LogP contribution in [0, 0.1) is 5.92 Å². The summed E-state index contributed by atoms with van der Waals surface area (Å²) >= 11 is 3.42. The lowest BCUT2D eigenvalue weighted by Gasteiger charge is -2.44. The number of anilines is 1. The van der Waals surface area contributed by atoms with E-state index in [2.05, 4.69) is 20.8 Å². The first kappa shape index (κ1) is 13.9. The fourth-order valence-corrected chi connectivity index (χ4v) is 4.29. The maximum absolute atomic E-state index is 12.8. The van der Waals surface area contributed by atoms with Gasteiger partial charge in [0.1, 0.15) is 0 Å².